The second kappa shape index (κ2) is 10.7. The monoisotopic (exact) mass is 460 g/mol. The highest BCUT2D eigenvalue weighted by atomic mass is 35.5. The van der Waals surface area contributed by atoms with Gasteiger partial charge >= 0.3 is 0 Å². The Morgan fingerprint density at radius 2 is 1.88 bits per heavy atom. The van der Waals surface area contributed by atoms with Crippen LogP contribution in [0, 0.1) is 18.7 Å². The van der Waals surface area contributed by atoms with Crippen LogP contribution in [0.1, 0.15) is 67.8 Å². The molecular weight excluding hydrogens is 427 g/mol. The number of carbonyl (C=O) groups is 1. The number of methoxy groups -OCH3 is 1. The summed E-state index contributed by atoms with van der Waals surface area (Å²) in [6, 6.07) is 8.94. The van der Waals surface area contributed by atoms with Crippen LogP contribution in [0.5, 0.6) is 5.75 Å². The Morgan fingerprint density at radius 1 is 1.19 bits per heavy atom. The van der Waals surface area contributed by atoms with Gasteiger partial charge in [-0.2, -0.15) is 0 Å². The first-order valence-electron chi connectivity index (χ1n) is 11.3. The maximum absolute atomic E-state index is 14.1. The largest absolute Gasteiger partial charge is 0.496 e. The van der Waals surface area contributed by atoms with Crippen molar-refractivity contribution in [2.24, 2.45) is 5.92 Å². The number of aryl methyl sites for hydroxylation is 1. The van der Waals surface area contributed by atoms with Gasteiger partial charge in [-0.25, -0.2) is 4.39 Å². The Morgan fingerprint density at radius 3 is 2.47 bits per heavy atom. The molecule has 0 spiro atoms. The third-order valence-electron chi connectivity index (χ3n) is 6.43. The van der Waals surface area contributed by atoms with Crippen molar-refractivity contribution < 1.29 is 13.9 Å². The van der Waals surface area contributed by atoms with Crippen LogP contribution in [-0.4, -0.2) is 31.0 Å². The molecule has 1 saturated heterocycles. The molecule has 1 aliphatic rings. The number of nitrogens with zero attached hydrogens (tertiary/aromatic N) is 1. The average Bonchev–Trinajstić information content (AvgIpc) is 2.75. The van der Waals surface area contributed by atoms with Gasteiger partial charge < -0.3 is 10.1 Å². The van der Waals surface area contributed by atoms with Crippen molar-refractivity contribution in [1.82, 2.24) is 10.2 Å². The number of hydrogen-bond donors (Lipinski definition) is 1. The smallest absolute Gasteiger partial charge is 0.223 e. The minimum absolute atomic E-state index is 0.0214. The second-order valence-corrected chi connectivity index (χ2v) is 9.56. The molecular formula is C26H34ClFN2O2. The fourth-order valence-electron chi connectivity index (χ4n) is 4.46. The molecule has 1 amide bonds. The van der Waals surface area contributed by atoms with Crippen LogP contribution >= 0.6 is 11.6 Å². The van der Waals surface area contributed by atoms with Crippen LogP contribution in [0.3, 0.4) is 0 Å². The summed E-state index contributed by atoms with van der Waals surface area (Å²) in [6.45, 7) is 10.5. The van der Waals surface area contributed by atoms with E-state index in [1.807, 2.05) is 6.92 Å². The average molecular weight is 461 g/mol. The zero-order chi connectivity index (χ0) is 23.4. The predicted molar refractivity (Wildman–Crippen MR) is 128 cm³/mol. The number of ether oxygens (including phenoxy) is 1. The summed E-state index contributed by atoms with van der Waals surface area (Å²) in [5, 5.41) is 3.62. The molecule has 1 N–H and O–H groups in total. The number of likely N-dealkylation sites (tertiary alicyclic amines) is 1. The van der Waals surface area contributed by atoms with Gasteiger partial charge in [-0.05, 0) is 86.7 Å². The van der Waals surface area contributed by atoms with E-state index in [1.54, 1.807) is 19.2 Å². The van der Waals surface area contributed by atoms with Gasteiger partial charge in [0, 0.05) is 23.0 Å². The summed E-state index contributed by atoms with van der Waals surface area (Å²) in [4.78, 5) is 15.2. The van der Waals surface area contributed by atoms with Gasteiger partial charge in [0.15, 0.2) is 0 Å². The Hall–Kier alpha value is -2.11. The highest BCUT2D eigenvalue weighted by Crippen LogP contribution is 2.32. The Labute approximate surface area is 196 Å². The number of benzene rings is 2. The van der Waals surface area contributed by atoms with Crippen LogP contribution < -0.4 is 10.1 Å². The fraction of sp³-hybridized carbons (Fsp3) is 0.500. The molecule has 0 aliphatic carbocycles. The van der Waals surface area contributed by atoms with E-state index in [0.29, 0.717) is 23.0 Å². The molecule has 0 saturated carbocycles. The number of halogens is 2. The van der Waals surface area contributed by atoms with Gasteiger partial charge in [0.1, 0.15) is 11.6 Å². The van der Waals surface area contributed by atoms with Gasteiger partial charge in [-0.3, -0.25) is 9.69 Å². The number of carbonyl (C=O) groups excluding carboxylic acids is 1. The van der Waals surface area contributed by atoms with Crippen molar-refractivity contribution in [3.63, 3.8) is 0 Å². The highest BCUT2D eigenvalue weighted by Gasteiger charge is 2.27. The van der Waals surface area contributed by atoms with Gasteiger partial charge in [0.05, 0.1) is 13.2 Å². The topological polar surface area (TPSA) is 41.6 Å². The molecule has 4 nitrogen and oxygen atoms in total. The SMILES string of the molecule is COc1cc(C)c([C@@H](C)NC(=O)C2CCN(Cc3ccc(Cl)cc3F)CC2)cc1C(C)C. The molecule has 174 valence electrons. The lowest BCUT2D eigenvalue weighted by molar-refractivity contribution is -0.127. The van der Waals surface area contributed by atoms with Crippen LogP contribution in [0.25, 0.3) is 0 Å². The Kier molecular flexibility index (Phi) is 8.18. The van der Waals surface area contributed by atoms with E-state index < -0.39 is 0 Å². The number of piperidine rings is 1. The summed E-state index contributed by atoms with van der Waals surface area (Å²) >= 11 is 5.84. The molecule has 0 aromatic heterocycles. The van der Waals surface area contributed by atoms with Crippen LogP contribution in [0.2, 0.25) is 5.02 Å². The standard InChI is InChI=1S/C26H34ClFN2O2/c1-16(2)22-14-23(17(3)12-25(22)32-5)18(4)29-26(31)19-8-10-30(11-9-19)15-20-6-7-21(27)13-24(20)28/h6-7,12-14,16,18-19H,8-11,15H2,1-5H3,(H,29,31)/t18-/m1/s1. The lowest BCUT2D eigenvalue weighted by Gasteiger charge is -2.32. The van der Waals surface area contributed by atoms with Crippen LogP contribution in [-0.2, 0) is 11.3 Å². The molecule has 0 bridgehead atoms. The molecule has 6 heteroatoms. The molecule has 1 heterocycles. The lowest BCUT2D eigenvalue weighted by Crippen LogP contribution is -2.41. The summed E-state index contributed by atoms with van der Waals surface area (Å²) in [6.07, 6.45) is 1.54. The fourth-order valence-corrected chi connectivity index (χ4v) is 4.62. The van der Waals surface area contributed by atoms with E-state index in [1.165, 1.54) is 6.07 Å². The minimum Gasteiger partial charge on any atom is -0.496 e. The van der Waals surface area contributed by atoms with Crippen LogP contribution in [0.4, 0.5) is 4.39 Å². The first-order valence-corrected chi connectivity index (χ1v) is 11.7. The van der Waals surface area contributed by atoms with Gasteiger partial charge in [0.25, 0.3) is 0 Å². The summed E-state index contributed by atoms with van der Waals surface area (Å²) < 4.78 is 19.6. The molecule has 2 aromatic rings. The number of amides is 1. The van der Waals surface area contributed by atoms with Crippen molar-refractivity contribution in [2.75, 3.05) is 20.2 Å². The zero-order valence-corrected chi connectivity index (χ0v) is 20.4. The first kappa shape index (κ1) is 24.5. The molecule has 1 fully saturated rings. The molecule has 0 radical (unpaired) electrons. The number of rotatable bonds is 7. The maximum atomic E-state index is 14.1. The molecule has 1 aliphatic heterocycles. The number of nitrogens with one attached hydrogen (secondary N) is 1. The molecule has 3 rings (SSSR count). The summed E-state index contributed by atoms with van der Waals surface area (Å²) in [5.74, 6) is 1.02. The third-order valence-corrected chi connectivity index (χ3v) is 6.67. The van der Waals surface area contributed by atoms with Crippen molar-refractivity contribution in [3.05, 3.63) is 63.4 Å². The second-order valence-electron chi connectivity index (χ2n) is 9.12. The summed E-state index contributed by atoms with van der Waals surface area (Å²) in [7, 11) is 1.69. The maximum Gasteiger partial charge on any atom is 0.223 e. The van der Waals surface area contributed by atoms with Gasteiger partial charge in [-0.1, -0.05) is 31.5 Å². The Bertz CT molecular complexity index is 955. The van der Waals surface area contributed by atoms with Gasteiger partial charge in [0.2, 0.25) is 5.91 Å². The third kappa shape index (κ3) is 5.81. The number of hydrogen-bond acceptors (Lipinski definition) is 3. The lowest BCUT2D eigenvalue weighted by atomic mass is 9.92. The van der Waals surface area contributed by atoms with E-state index in [4.69, 9.17) is 16.3 Å². The van der Waals surface area contributed by atoms with E-state index >= 15 is 0 Å². The van der Waals surface area contributed by atoms with E-state index in [-0.39, 0.29) is 23.7 Å². The van der Waals surface area contributed by atoms with Crippen molar-refractivity contribution in [2.45, 2.75) is 59.0 Å². The predicted octanol–water partition coefficient (Wildman–Crippen LogP) is 6.01. The van der Waals surface area contributed by atoms with E-state index in [2.05, 4.69) is 43.1 Å². The molecule has 0 unspecified atom stereocenters. The zero-order valence-electron chi connectivity index (χ0n) is 19.7. The molecule has 1 atom stereocenters. The van der Waals surface area contributed by atoms with Gasteiger partial charge in [-0.15, -0.1) is 0 Å². The van der Waals surface area contributed by atoms with E-state index in [9.17, 15) is 9.18 Å². The molecule has 2 aromatic carbocycles. The Balaban J connectivity index is 1.58. The summed E-state index contributed by atoms with van der Waals surface area (Å²) in [5.41, 5.74) is 4.02. The van der Waals surface area contributed by atoms with Crippen molar-refractivity contribution in [3.8, 4) is 5.75 Å². The van der Waals surface area contributed by atoms with Crippen molar-refractivity contribution in [1.29, 1.82) is 0 Å². The normalized spacial score (nSPS) is 16.2. The first-order chi connectivity index (χ1) is 15.2. The van der Waals surface area contributed by atoms with Crippen molar-refractivity contribution >= 4 is 17.5 Å². The van der Waals surface area contributed by atoms with E-state index in [0.717, 1.165) is 48.4 Å². The van der Waals surface area contributed by atoms with Crippen LogP contribution in [0.15, 0.2) is 30.3 Å². The minimum atomic E-state index is -0.276. The highest BCUT2D eigenvalue weighted by molar-refractivity contribution is 6.30. The quantitative estimate of drug-likeness (QED) is 0.550. The molecule has 32 heavy (non-hydrogen) atoms.